The number of hydrogen-bond acceptors (Lipinski definition) is 3. The fourth-order valence-corrected chi connectivity index (χ4v) is 2.27. The standard InChI is InChI=1S/C19H25N3O/c1-19(2,20)14-22-12-11-16(13-18(22)23)6-5-15-7-9-17(10-8-15)21(3)4/h5-13H,14,20H2,1-4H3/b6-5+. The first kappa shape index (κ1) is 17.0. The number of benzene rings is 1. The molecule has 2 rings (SSSR count). The van der Waals surface area contributed by atoms with E-state index in [1.807, 2.05) is 46.2 Å². The van der Waals surface area contributed by atoms with Crippen LogP contribution in [0.4, 0.5) is 5.69 Å². The lowest BCUT2D eigenvalue weighted by atomic mass is 10.1. The van der Waals surface area contributed by atoms with Gasteiger partial charge in [-0.2, -0.15) is 0 Å². The maximum Gasteiger partial charge on any atom is 0.251 e. The molecule has 2 aromatic rings. The van der Waals surface area contributed by atoms with Crippen molar-refractivity contribution in [3.05, 3.63) is 64.1 Å². The highest BCUT2D eigenvalue weighted by Crippen LogP contribution is 2.14. The lowest BCUT2D eigenvalue weighted by Crippen LogP contribution is -2.40. The van der Waals surface area contributed by atoms with E-state index in [0.29, 0.717) is 6.54 Å². The Labute approximate surface area is 137 Å². The Balaban J connectivity index is 2.14. The number of hydrogen-bond donors (Lipinski definition) is 1. The summed E-state index contributed by atoms with van der Waals surface area (Å²) in [4.78, 5) is 14.2. The van der Waals surface area contributed by atoms with Gasteiger partial charge < -0.3 is 15.2 Å². The Bertz CT molecular complexity index is 734. The molecule has 4 heteroatoms. The second-order valence-electron chi connectivity index (χ2n) is 6.73. The molecule has 0 radical (unpaired) electrons. The van der Waals surface area contributed by atoms with Crippen molar-refractivity contribution < 1.29 is 0 Å². The molecule has 0 saturated heterocycles. The van der Waals surface area contributed by atoms with E-state index in [-0.39, 0.29) is 5.56 Å². The highest BCUT2D eigenvalue weighted by Gasteiger charge is 2.11. The molecular formula is C19H25N3O. The van der Waals surface area contributed by atoms with Crippen molar-refractivity contribution in [3.63, 3.8) is 0 Å². The summed E-state index contributed by atoms with van der Waals surface area (Å²) < 4.78 is 1.64. The molecule has 1 aromatic heterocycles. The third-order valence-electron chi connectivity index (χ3n) is 3.48. The fraction of sp³-hybridized carbons (Fsp3) is 0.316. The van der Waals surface area contributed by atoms with Crippen LogP contribution in [-0.2, 0) is 6.54 Å². The number of rotatable bonds is 5. The Morgan fingerprint density at radius 2 is 1.70 bits per heavy atom. The molecule has 2 N–H and O–H groups in total. The van der Waals surface area contributed by atoms with Crippen molar-refractivity contribution in [1.82, 2.24) is 4.57 Å². The average molecular weight is 311 g/mol. The van der Waals surface area contributed by atoms with Gasteiger partial charge in [0, 0.05) is 44.1 Å². The van der Waals surface area contributed by atoms with E-state index in [9.17, 15) is 4.79 Å². The number of nitrogens with zero attached hydrogens (tertiary/aromatic N) is 2. The van der Waals surface area contributed by atoms with E-state index >= 15 is 0 Å². The number of pyridine rings is 1. The van der Waals surface area contributed by atoms with E-state index in [0.717, 1.165) is 16.8 Å². The molecule has 0 amide bonds. The molecule has 0 aliphatic heterocycles. The zero-order valence-electron chi connectivity index (χ0n) is 14.3. The molecule has 0 fully saturated rings. The van der Waals surface area contributed by atoms with Crippen LogP contribution in [0.15, 0.2) is 47.4 Å². The van der Waals surface area contributed by atoms with E-state index in [2.05, 4.69) is 29.2 Å². The molecular weight excluding hydrogens is 286 g/mol. The molecule has 0 bridgehead atoms. The predicted octanol–water partition coefficient (Wildman–Crippen LogP) is 2.82. The third kappa shape index (κ3) is 5.11. The Kier molecular flexibility index (Phi) is 5.06. The van der Waals surface area contributed by atoms with E-state index < -0.39 is 5.54 Å². The highest BCUT2D eigenvalue weighted by atomic mass is 16.1. The van der Waals surface area contributed by atoms with Gasteiger partial charge in [-0.15, -0.1) is 0 Å². The average Bonchev–Trinajstić information content (AvgIpc) is 2.47. The van der Waals surface area contributed by atoms with Crippen LogP contribution in [0, 0.1) is 0 Å². The van der Waals surface area contributed by atoms with Gasteiger partial charge in [-0.25, -0.2) is 0 Å². The monoisotopic (exact) mass is 311 g/mol. The van der Waals surface area contributed by atoms with Crippen LogP contribution in [0.5, 0.6) is 0 Å². The lowest BCUT2D eigenvalue weighted by molar-refractivity contribution is 0.426. The van der Waals surface area contributed by atoms with Gasteiger partial charge in [0.2, 0.25) is 0 Å². The summed E-state index contributed by atoms with van der Waals surface area (Å²) in [6.07, 6.45) is 5.75. The maximum atomic E-state index is 12.1. The summed E-state index contributed by atoms with van der Waals surface area (Å²) in [7, 11) is 4.03. The lowest BCUT2D eigenvalue weighted by Gasteiger charge is -2.19. The molecule has 0 aliphatic rings. The van der Waals surface area contributed by atoms with Crippen molar-refractivity contribution >= 4 is 17.8 Å². The van der Waals surface area contributed by atoms with Gasteiger partial charge in [-0.3, -0.25) is 4.79 Å². The summed E-state index contributed by atoms with van der Waals surface area (Å²) in [5.74, 6) is 0. The fourth-order valence-electron chi connectivity index (χ4n) is 2.27. The van der Waals surface area contributed by atoms with Gasteiger partial charge in [0.05, 0.1) is 0 Å². The zero-order chi connectivity index (χ0) is 17.0. The molecule has 0 unspecified atom stereocenters. The Morgan fingerprint density at radius 1 is 1.09 bits per heavy atom. The third-order valence-corrected chi connectivity index (χ3v) is 3.48. The largest absolute Gasteiger partial charge is 0.378 e. The van der Waals surface area contributed by atoms with Crippen molar-refractivity contribution in [2.45, 2.75) is 25.9 Å². The molecule has 1 aromatic carbocycles. The van der Waals surface area contributed by atoms with E-state index in [1.165, 1.54) is 0 Å². The summed E-state index contributed by atoms with van der Waals surface area (Å²) in [5.41, 5.74) is 8.67. The van der Waals surface area contributed by atoms with Crippen molar-refractivity contribution in [1.29, 1.82) is 0 Å². The van der Waals surface area contributed by atoms with Crippen molar-refractivity contribution in [2.75, 3.05) is 19.0 Å². The summed E-state index contributed by atoms with van der Waals surface area (Å²) in [6, 6.07) is 11.8. The van der Waals surface area contributed by atoms with Crippen LogP contribution in [0.1, 0.15) is 25.0 Å². The second kappa shape index (κ2) is 6.84. The minimum Gasteiger partial charge on any atom is -0.378 e. The van der Waals surface area contributed by atoms with Crippen LogP contribution < -0.4 is 16.2 Å². The van der Waals surface area contributed by atoms with Gasteiger partial charge in [-0.05, 0) is 43.2 Å². The number of aromatic nitrogens is 1. The van der Waals surface area contributed by atoms with Gasteiger partial charge >= 0.3 is 0 Å². The van der Waals surface area contributed by atoms with E-state index in [4.69, 9.17) is 5.73 Å². The number of nitrogens with two attached hydrogens (primary N) is 1. The van der Waals surface area contributed by atoms with Crippen molar-refractivity contribution in [3.8, 4) is 0 Å². The van der Waals surface area contributed by atoms with Crippen LogP contribution >= 0.6 is 0 Å². The minimum absolute atomic E-state index is 0.0337. The van der Waals surface area contributed by atoms with E-state index in [1.54, 1.807) is 16.8 Å². The predicted molar refractivity (Wildman–Crippen MR) is 98.7 cm³/mol. The van der Waals surface area contributed by atoms with Crippen LogP contribution in [-0.4, -0.2) is 24.2 Å². The molecule has 0 aliphatic carbocycles. The zero-order valence-corrected chi connectivity index (χ0v) is 14.3. The quantitative estimate of drug-likeness (QED) is 0.924. The minimum atomic E-state index is -0.407. The summed E-state index contributed by atoms with van der Waals surface area (Å²) >= 11 is 0. The Hall–Kier alpha value is -2.33. The molecule has 23 heavy (non-hydrogen) atoms. The SMILES string of the molecule is CN(C)c1ccc(/C=C/c2ccn(CC(C)(C)N)c(=O)c2)cc1. The molecule has 4 nitrogen and oxygen atoms in total. The van der Waals surface area contributed by atoms with Gasteiger partial charge in [0.15, 0.2) is 0 Å². The van der Waals surface area contributed by atoms with Gasteiger partial charge in [0.1, 0.15) is 0 Å². The first-order chi connectivity index (χ1) is 10.7. The summed E-state index contributed by atoms with van der Waals surface area (Å²) in [5, 5.41) is 0. The smallest absolute Gasteiger partial charge is 0.251 e. The van der Waals surface area contributed by atoms with Gasteiger partial charge in [-0.1, -0.05) is 24.3 Å². The molecule has 0 spiro atoms. The van der Waals surface area contributed by atoms with Crippen molar-refractivity contribution in [2.24, 2.45) is 5.73 Å². The van der Waals surface area contributed by atoms with Gasteiger partial charge in [0.25, 0.3) is 5.56 Å². The van der Waals surface area contributed by atoms with Crippen LogP contribution in [0.25, 0.3) is 12.2 Å². The summed E-state index contributed by atoms with van der Waals surface area (Å²) in [6.45, 7) is 4.32. The molecule has 0 atom stereocenters. The molecule has 0 saturated carbocycles. The first-order valence-electron chi connectivity index (χ1n) is 7.69. The van der Waals surface area contributed by atoms with Crippen LogP contribution in [0.2, 0.25) is 0 Å². The topological polar surface area (TPSA) is 51.3 Å². The maximum absolute atomic E-state index is 12.1. The molecule has 1 heterocycles. The Morgan fingerprint density at radius 3 is 2.22 bits per heavy atom. The molecule has 122 valence electrons. The normalized spacial score (nSPS) is 11.9. The van der Waals surface area contributed by atoms with Crippen LogP contribution in [0.3, 0.4) is 0 Å². The number of anilines is 1. The second-order valence-corrected chi connectivity index (χ2v) is 6.73. The first-order valence-corrected chi connectivity index (χ1v) is 7.69. The highest BCUT2D eigenvalue weighted by molar-refractivity contribution is 5.70.